The highest BCUT2D eigenvalue weighted by molar-refractivity contribution is 7.29. The molecule has 4 heterocycles. The first-order valence-corrected chi connectivity index (χ1v) is 19.2. The standard InChI is InChI=1S/C42H34N2S4/c1-2-3-4-16-31-43(32-17-14-9-15-18-32)41-29-27-39(47-41)37-25-23-35(45-37)36-24-26-38(46-36)40-28-30-42(48-40)44(33-19-10-5-6-11-20-33)34-21-12-7-8-13-22-34/h2-7,9-10,12-30H,8,31H2,1H3/b3-2-,16-4-. The average Bonchev–Trinajstić information content (AvgIpc) is 3.91. The molecule has 0 bridgehead atoms. The van der Waals surface area contributed by atoms with E-state index in [0.717, 1.165) is 24.4 Å². The van der Waals surface area contributed by atoms with E-state index in [-0.39, 0.29) is 0 Å². The number of benzene rings is 1. The SMILES string of the molecule is C/C=C\C=C/CN(c1ccccc1)c1ccc(-c2ccc(-c3ccc(-c4ccc(N(C5=CC=CC=C=C5)C5=CC=CCC=C5)s4)s3)s2)s1. The van der Waals surface area contributed by atoms with E-state index in [2.05, 4.69) is 167 Å². The molecule has 0 atom stereocenters. The van der Waals surface area contributed by atoms with E-state index < -0.39 is 0 Å². The number of para-hydroxylation sites is 1. The fourth-order valence-corrected chi connectivity index (χ4v) is 9.75. The largest absolute Gasteiger partial charge is 0.329 e. The Morgan fingerprint density at radius 3 is 2.02 bits per heavy atom. The fraction of sp³-hybridized carbons (Fsp3) is 0.0714. The average molecular weight is 695 g/mol. The molecule has 4 aromatic heterocycles. The van der Waals surface area contributed by atoms with Crippen molar-refractivity contribution < 1.29 is 0 Å². The summed E-state index contributed by atoms with van der Waals surface area (Å²) in [4.78, 5) is 12.5. The summed E-state index contributed by atoms with van der Waals surface area (Å²) in [5, 5.41) is 2.42. The van der Waals surface area contributed by atoms with Gasteiger partial charge in [0.25, 0.3) is 0 Å². The Bertz CT molecular complexity index is 2150. The molecule has 0 spiro atoms. The van der Waals surface area contributed by atoms with Crippen LogP contribution in [0.15, 0.2) is 181 Å². The van der Waals surface area contributed by atoms with Crippen LogP contribution in [0.1, 0.15) is 13.3 Å². The molecule has 0 aliphatic heterocycles. The molecule has 0 amide bonds. The Kier molecular flexibility index (Phi) is 10.3. The minimum Gasteiger partial charge on any atom is -0.329 e. The molecule has 2 aliphatic carbocycles. The third kappa shape index (κ3) is 7.39. The van der Waals surface area contributed by atoms with E-state index in [4.69, 9.17) is 0 Å². The van der Waals surface area contributed by atoms with Crippen molar-refractivity contribution in [3.05, 3.63) is 181 Å². The Hall–Kier alpha value is -4.68. The monoisotopic (exact) mass is 694 g/mol. The van der Waals surface area contributed by atoms with Gasteiger partial charge in [0.2, 0.25) is 0 Å². The minimum absolute atomic E-state index is 0.817. The second kappa shape index (κ2) is 15.5. The predicted molar refractivity (Wildman–Crippen MR) is 215 cm³/mol. The van der Waals surface area contributed by atoms with Crippen molar-refractivity contribution in [1.82, 2.24) is 0 Å². The van der Waals surface area contributed by atoms with Gasteiger partial charge in [-0.15, -0.1) is 51.1 Å². The molecule has 236 valence electrons. The van der Waals surface area contributed by atoms with Gasteiger partial charge >= 0.3 is 0 Å². The molecule has 7 rings (SSSR count). The maximum absolute atomic E-state index is 3.29. The number of anilines is 3. The van der Waals surface area contributed by atoms with Crippen LogP contribution in [0.25, 0.3) is 29.3 Å². The molecule has 0 saturated carbocycles. The molecular weight excluding hydrogens is 661 g/mol. The Labute approximate surface area is 299 Å². The lowest BCUT2D eigenvalue weighted by Crippen LogP contribution is -2.18. The molecule has 2 nitrogen and oxygen atoms in total. The summed E-state index contributed by atoms with van der Waals surface area (Å²) in [6.07, 6.45) is 30.6. The topological polar surface area (TPSA) is 6.48 Å². The predicted octanol–water partition coefficient (Wildman–Crippen LogP) is 13.6. The van der Waals surface area contributed by atoms with Crippen LogP contribution in [0.3, 0.4) is 0 Å². The van der Waals surface area contributed by atoms with Crippen LogP contribution in [0.4, 0.5) is 15.7 Å². The number of thiophene rings is 4. The van der Waals surface area contributed by atoms with Gasteiger partial charge in [-0.1, -0.05) is 72.9 Å². The van der Waals surface area contributed by atoms with Gasteiger partial charge in [0.05, 0.1) is 10.7 Å². The number of allylic oxidation sites excluding steroid dienone is 12. The van der Waals surface area contributed by atoms with E-state index in [9.17, 15) is 0 Å². The lowest BCUT2D eigenvalue weighted by Gasteiger charge is -2.24. The summed E-state index contributed by atoms with van der Waals surface area (Å²) in [7, 11) is 0. The number of rotatable bonds is 11. The highest BCUT2D eigenvalue weighted by Crippen LogP contribution is 2.46. The fourth-order valence-electron chi connectivity index (χ4n) is 5.38. The molecule has 0 unspecified atom stereocenters. The van der Waals surface area contributed by atoms with Crippen LogP contribution < -0.4 is 9.80 Å². The highest BCUT2D eigenvalue weighted by Gasteiger charge is 2.19. The Morgan fingerprint density at radius 2 is 1.29 bits per heavy atom. The summed E-state index contributed by atoms with van der Waals surface area (Å²) in [5.74, 6) is 0. The lowest BCUT2D eigenvalue weighted by atomic mass is 10.2. The van der Waals surface area contributed by atoms with Crippen molar-refractivity contribution in [3.63, 3.8) is 0 Å². The number of hydrogen-bond acceptors (Lipinski definition) is 6. The molecular formula is C42H34N2S4. The van der Waals surface area contributed by atoms with Gasteiger partial charge in [0, 0.05) is 53.3 Å². The van der Waals surface area contributed by atoms with Crippen LogP contribution in [0.2, 0.25) is 0 Å². The summed E-state index contributed by atoms with van der Waals surface area (Å²) in [6, 6.07) is 28.7. The van der Waals surface area contributed by atoms with E-state index in [1.54, 1.807) is 0 Å². The van der Waals surface area contributed by atoms with Gasteiger partial charge in [-0.3, -0.25) is 0 Å². The lowest BCUT2D eigenvalue weighted by molar-refractivity contribution is 1.12. The van der Waals surface area contributed by atoms with Crippen LogP contribution in [-0.2, 0) is 0 Å². The van der Waals surface area contributed by atoms with Crippen molar-refractivity contribution in [1.29, 1.82) is 0 Å². The zero-order valence-corrected chi connectivity index (χ0v) is 29.8. The van der Waals surface area contributed by atoms with Crippen LogP contribution in [0.5, 0.6) is 0 Å². The zero-order valence-electron chi connectivity index (χ0n) is 26.5. The third-order valence-corrected chi connectivity index (χ3v) is 12.6. The van der Waals surface area contributed by atoms with Crippen LogP contribution in [-0.4, -0.2) is 6.54 Å². The van der Waals surface area contributed by atoms with Crippen molar-refractivity contribution in [2.45, 2.75) is 13.3 Å². The summed E-state index contributed by atoms with van der Waals surface area (Å²) >= 11 is 7.41. The first kappa shape index (κ1) is 31.9. The summed E-state index contributed by atoms with van der Waals surface area (Å²) in [5.41, 5.74) is 6.72. The first-order chi connectivity index (χ1) is 23.8. The molecule has 0 radical (unpaired) electrons. The normalized spacial score (nSPS) is 14.1. The second-order valence-corrected chi connectivity index (χ2v) is 15.2. The third-order valence-electron chi connectivity index (χ3n) is 7.69. The van der Waals surface area contributed by atoms with E-state index >= 15 is 0 Å². The van der Waals surface area contributed by atoms with Crippen molar-refractivity contribution >= 4 is 61.0 Å². The zero-order chi connectivity index (χ0) is 32.5. The van der Waals surface area contributed by atoms with Gasteiger partial charge in [0.15, 0.2) is 0 Å². The van der Waals surface area contributed by atoms with Gasteiger partial charge in [-0.05, 0) is 98.3 Å². The minimum atomic E-state index is 0.817. The Balaban J connectivity index is 1.12. The molecule has 0 saturated heterocycles. The maximum Gasteiger partial charge on any atom is 0.101 e. The van der Waals surface area contributed by atoms with Gasteiger partial charge in [0.1, 0.15) is 5.00 Å². The van der Waals surface area contributed by atoms with E-state index in [1.807, 2.05) is 64.4 Å². The molecule has 1 aromatic carbocycles. The maximum atomic E-state index is 3.29. The Morgan fingerprint density at radius 1 is 0.646 bits per heavy atom. The molecule has 0 N–H and O–H groups in total. The summed E-state index contributed by atoms with van der Waals surface area (Å²) < 4.78 is 0. The summed E-state index contributed by atoms with van der Waals surface area (Å²) in [6.45, 7) is 2.86. The molecule has 6 heteroatoms. The molecule has 0 fully saturated rings. The van der Waals surface area contributed by atoms with Gasteiger partial charge in [-0.2, -0.15) is 0 Å². The smallest absolute Gasteiger partial charge is 0.101 e. The van der Waals surface area contributed by atoms with Crippen molar-refractivity contribution in [2.75, 3.05) is 16.3 Å². The first-order valence-electron chi connectivity index (χ1n) is 15.9. The van der Waals surface area contributed by atoms with Gasteiger partial charge in [-0.25, -0.2) is 0 Å². The number of nitrogens with zero attached hydrogens (tertiary/aromatic N) is 2. The van der Waals surface area contributed by atoms with Crippen LogP contribution >= 0.6 is 45.3 Å². The van der Waals surface area contributed by atoms with Crippen molar-refractivity contribution in [3.8, 4) is 29.3 Å². The molecule has 2 aliphatic rings. The molecule has 48 heavy (non-hydrogen) atoms. The van der Waals surface area contributed by atoms with E-state index in [0.29, 0.717) is 0 Å². The quantitative estimate of drug-likeness (QED) is 0.100. The van der Waals surface area contributed by atoms with Gasteiger partial charge < -0.3 is 9.80 Å². The molecule has 5 aromatic rings. The second-order valence-electron chi connectivity index (χ2n) is 11.0. The van der Waals surface area contributed by atoms with E-state index in [1.165, 1.54) is 45.0 Å². The van der Waals surface area contributed by atoms with Crippen LogP contribution in [0, 0.1) is 0 Å². The highest BCUT2D eigenvalue weighted by atomic mass is 32.1. The van der Waals surface area contributed by atoms with Crippen molar-refractivity contribution in [2.24, 2.45) is 0 Å². The number of hydrogen-bond donors (Lipinski definition) is 0.